The van der Waals surface area contributed by atoms with Crippen LogP contribution in [0.3, 0.4) is 0 Å². The number of rotatable bonds is 7. The molecule has 0 fully saturated rings. The zero-order valence-corrected chi connectivity index (χ0v) is 18.3. The number of alkyl halides is 3. The molecule has 0 saturated heterocycles. The maximum atomic E-state index is 6.37. The first kappa shape index (κ1) is 21.6. The molecular formula is C23H21Cl3O3. The molecule has 0 bridgehead atoms. The number of methoxy groups -OCH3 is 2. The Morgan fingerprint density at radius 2 is 1.41 bits per heavy atom. The van der Waals surface area contributed by atoms with E-state index >= 15 is 0 Å². The molecule has 3 nitrogen and oxygen atoms in total. The molecule has 6 heteroatoms. The highest BCUT2D eigenvalue weighted by Gasteiger charge is 2.35. The van der Waals surface area contributed by atoms with Gasteiger partial charge >= 0.3 is 0 Å². The minimum Gasteiger partial charge on any atom is -0.497 e. The molecule has 0 spiro atoms. The molecule has 0 N–H and O–H groups in total. The van der Waals surface area contributed by atoms with Crippen molar-refractivity contribution in [3.8, 4) is 17.2 Å². The summed E-state index contributed by atoms with van der Waals surface area (Å²) in [7, 11) is 3.21. The third-order valence-corrected chi connectivity index (χ3v) is 5.19. The van der Waals surface area contributed by atoms with Crippen LogP contribution in [0.4, 0.5) is 0 Å². The maximum absolute atomic E-state index is 6.37. The van der Waals surface area contributed by atoms with Crippen molar-refractivity contribution >= 4 is 34.8 Å². The van der Waals surface area contributed by atoms with E-state index in [0.29, 0.717) is 18.1 Å². The molecule has 0 amide bonds. The number of hydrogen-bond acceptors (Lipinski definition) is 3. The molecule has 0 heterocycles. The molecule has 0 radical (unpaired) electrons. The number of ether oxygens (including phenoxy) is 3. The largest absolute Gasteiger partial charge is 0.497 e. The van der Waals surface area contributed by atoms with Crippen molar-refractivity contribution < 1.29 is 14.2 Å². The molecule has 0 aromatic heterocycles. The van der Waals surface area contributed by atoms with Crippen LogP contribution in [0.15, 0.2) is 72.8 Å². The minimum atomic E-state index is -1.56. The van der Waals surface area contributed by atoms with Crippen LogP contribution < -0.4 is 14.2 Å². The average Bonchev–Trinajstić information content (AvgIpc) is 2.73. The topological polar surface area (TPSA) is 27.7 Å². The second-order valence-electron chi connectivity index (χ2n) is 6.43. The smallest absolute Gasteiger partial charge is 0.201 e. The summed E-state index contributed by atoms with van der Waals surface area (Å²) >= 11 is 19.1. The molecule has 152 valence electrons. The van der Waals surface area contributed by atoms with Gasteiger partial charge in [-0.15, -0.1) is 0 Å². The summed E-state index contributed by atoms with van der Waals surface area (Å²) in [6.45, 7) is 0.404. The van der Waals surface area contributed by atoms with E-state index in [1.54, 1.807) is 14.2 Å². The van der Waals surface area contributed by atoms with Crippen molar-refractivity contribution in [3.63, 3.8) is 0 Å². The zero-order valence-electron chi connectivity index (χ0n) is 16.1. The van der Waals surface area contributed by atoms with E-state index in [2.05, 4.69) is 0 Å². The van der Waals surface area contributed by atoms with E-state index in [1.165, 1.54) is 0 Å². The summed E-state index contributed by atoms with van der Waals surface area (Å²) in [5, 5.41) is 0. The standard InChI is InChI=1S/C23H21Cl3O3/c1-27-19-11-8-17(9-12-19)22(23(24,25)26)18-10-13-20(28-2)21(14-18)29-15-16-6-4-3-5-7-16/h3-14,22H,15H2,1-2H3. The number of halogens is 3. The summed E-state index contributed by atoms with van der Waals surface area (Å²) in [5.41, 5.74) is 2.71. The van der Waals surface area contributed by atoms with Crippen LogP contribution in [-0.4, -0.2) is 18.0 Å². The Hall–Kier alpha value is -2.07. The maximum Gasteiger partial charge on any atom is 0.201 e. The highest BCUT2D eigenvalue weighted by Crippen LogP contribution is 2.47. The second-order valence-corrected chi connectivity index (χ2v) is 8.80. The summed E-state index contributed by atoms with van der Waals surface area (Å²) in [6.07, 6.45) is 0. The second kappa shape index (κ2) is 9.62. The fourth-order valence-corrected chi connectivity index (χ4v) is 3.84. The van der Waals surface area contributed by atoms with Gasteiger partial charge in [-0.25, -0.2) is 0 Å². The average molecular weight is 452 g/mol. The van der Waals surface area contributed by atoms with Gasteiger partial charge in [0.15, 0.2) is 11.5 Å². The van der Waals surface area contributed by atoms with E-state index in [4.69, 9.17) is 49.0 Å². The number of hydrogen-bond donors (Lipinski definition) is 0. The summed E-state index contributed by atoms with van der Waals surface area (Å²) < 4.78 is 15.1. The fraction of sp³-hybridized carbons (Fsp3) is 0.217. The van der Waals surface area contributed by atoms with Crippen LogP contribution in [0.1, 0.15) is 22.6 Å². The molecule has 3 rings (SSSR count). The lowest BCUT2D eigenvalue weighted by Crippen LogP contribution is -2.18. The molecule has 0 saturated carbocycles. The van der Waals surface area contributed by atoms with Crippen molar-refractivity contribution in [3.05, 3.63) is 89.5 Å². The van der Waals surface area contributed by atoms with Gasteiger partial charge in [0, 0.05) is 0 Å². The first-order valence-electron chi connectivity index (χ1n) is 8.97. The molecule has 0 aliphatic carbocycles. The third-order valence-electron chi connectivity index (χ3n) is 4.53. The highest BCUT2D eigenvalue weighted by atomic mass is 35.6. The molecule has 3 aromatic carbocycles. The minimum absolute atomic E-state index is 0.404. The van der Waals surface area contributed by atoms with Crippen LogP contribution in [-0.2, 0) is 6.61 Å². The molecule has 1 unspecified atom stereocenters. The highest BCUT2D eigenvalue weighted by molar-refractivity contribution is 6.68. The monoisotopic (exact) mass is 450 g/mol. The van der Waals surface area contributed by atoms with Gasteiger partial charge in [0.25, 0.3) is 0 Å². The first-order valence-corrected chi connectivity index (χ1v) is 10.1. The quantitative estimate of drug-likeness (QED) is 0.370. The Labute approximate surface area is 186 Å². The van der Waals surface area contributed by atoms with E-state index in [-0.39, 0.29) is 0 Å². The fourth-order valence-electron chi connectivity index (χ4n) is 3.09. The molecule has 3 aromatic rings. The van der Waals surface area contributed by atoms with Crippen molar-refractivity contribution in [2.24, 2.45) is 0 Å². The van der Waals surface area contributed by atoms with Gasteiger partial charge < -0.3 is 14.2 Å². The van der Waals surface area contributed by atoms with Crippen molar-refractivity contribution in [1.29, 1.82) is 0 Å². The summed E-state index contributed by atoms with van der Waals surface area (Å²) in [4.78, 5) is 0. The first-order chi connectivity index (χ1) is 13.9. The zero-order chi connectivity index (χ0) is 20.9. The van der Waals surface area contributed by atoms with Gasteiger partial charge in [-0.05, 0) is 41.0 Å². The molecule has 0 aliphatic heterocycles. The molecule has 0 aliphatic rings. The Bertz CT molecular complexity index is 922. The SMILES string of the molecule is COc1ccc(C(c2ccc(OC)c(OCc3ccccc3)c2)C(Cl)(Cl)Cl)cc1. The van der Waals surface area contributed by atoms with Crippen LogP contribution in [0, 0.1) is 0 Å². The summed E-state index contributed by atoms with van der Waals surface area (Å²) in [6, 6.07) is 22.9. The van der Waals surface area contributed by atoms with Gasteiger partial charge in [0.2, 0.25) is 3.79 Å². The van der Waals surface area contributed by atoms with Crippen molar-refractivity contribution in [1.82, 2.24) is 0 Å². The lowest BCUT2D eigenvalue weighted by molar-refractivity contribution is 0.284. The normalized spacial score (nSPS) is 12.3. The third kappa shape index (κ3) is 5.51. The Balaban J connectivity index is 1.95. The van der Waals surface area contributed by atoms with Gasteiger partial charge in [-0.2, -0.15) is 0 Å². The van der Waals surface area contributed by atoms with Gasteiger partial charge in [-0.1, -0.05) is 83.3 Å². The van der Waals surface area contributed by atoms with Gasteiger partial charge in [0.05, 0.1) is 20.1 Å². The van der Waals surface area contributed by atoms with Crippen LogP contribution >= 0.6 is 34.8 Å². The van der Waals surface area contributed by atoms with Crippen molar-refractivity contribution in [2.45, 2.75) is 16.3 Å². The number of benzene rings is 3. The van der Waals surface area contributed by atoms with E-state index in [1.807, 2.05) is 72.8 Å². The molecule has 1 atom stereocenters. The van der Waals surface area contributed by atoms with Gasteiger partial charge in [-0.3, -0.25) is 0 Å². The molecule has 29 heavy (non-hydrogen) atoms. The summed E-state index contributed by atoms with van der Waals surface area (Å²) in [5.74, 6) is 1.44. The van der Waals surface area contributed by atoms with Crippen LogP contribution in [0.5, 0.6) is 17.2 Å². The van der Waals surface area contributed by atoms with Gasteiger partial charge in [0.1, 0.15) is 12.4 Å². The molecular weight excluding hydrogens is 431 g/mol. The van der Waals surface area contributed by atoms with Crippen LogP contribution in [0.25, 0.3) is 0 Å². The Morgan fingerprint density at radius 1 is 0.759 bits per heavy atom. The van der Waals surface area contributed by atoms with E-state index in [0.717, 1.165) is 22.4 Å². The van der Waals surface area contributed by atoms with Crippen molar-refractivity contribution in [2.75, 3.05) is 14.2 Å². The van der Waals surface area contributed by atoms with E-state index in [9.17, 15) is 0 Å². The van der Waals surface area contributed by atoms with E-state index < -0.39 is 9.71 Å². The predicted molar refractivity (Wildman–Crippen MR) is 119 cm³/mol. The Morgan fingerprint density at radius 3 is 2.00 bits per heavy atom. The predicted octanol–water partition coefficient (Wildman–Crippen LogP) is 6.78. The Kier molecular flexibility index (Phi) is 7.18. The lowest BCUT2D eigenvalue weighted by Gasteiger charge is -2.26. The lowest BCUT2D eigenvalue weighted by atomic mass is 9.92. The van der Waals surface area contributed by atoms with Crippen LogP contribution in [0.2, 0.25) is 0 Å².